The van der Waals surface area contributed by atoms with E-state index in [4.69, 9.17) is 15.0 Å². The molecule has 264 valence electrons. The third-order valence-corrected chi connectivity index (χ3v) is 11.9. The van der Waals surface area contributed by atoms with Crippen molar-refractivity contribution in [3.8, 4) is 34.4 Å². The predicted octanol–water partition coefficient (Wildman–Crippen LogP) is 12.5. The van der Waals surface area contributed by atoms with Crippen LogP contribution in [0.1, 0.15) is 0 Å². The van der Waals surface area contributed by atoms with Crippen LogP contribution in [0.5, 0.6) is 0 Å². The summed E-state index contributed by atoms with van der Waals surface area (Å²) in [5, 5.41) is 9.42. The molecule has 6 nitrogen and oxygen atoms in total. The van der Waals surface area contributed by atoms with Gasteiger partial charge in [-0.3, -0.25) is 9.13 Å². The first-order valence-corrected chi connectivity index (χ1v) is 19.3. The maximum Gasteiger partial charge on any atom is 0.240 e. The lowest BCUT2D eigenvalue weighted by Gasteiger charge is -2.13. The highest BCUT2D eigenvalue weighted by Gasteiger charge is 2.24. The number of hydrogen-bond acceptors (Lipinski definition) is 3. The fraction of sp³-hybridized carbons (Fsp3) is 0. The van der Waals surface area contributed by atoms with Gasteiger partial charge < -0.3 is 4.40 Å². The lowest BCUT2D eigenvalue weighted by molar-refractivity contribution is 0.893. The summed E-state index contributed by atoms with van der Waals surface area (Å²) >= 11 is 0. The van der Waals surface area contributed by atoms with Gasteiger partial charge in [-0.15, -0.1) is 0 Å². The zero-order chi connectivity index (χ0) is 37.2. The molecule has 5 heterocycles. The molecule has 0 aliphatic rings. The maximum atomic E-state index is 5.49. The van der Waals surface area contributed by atoms with E-state index in [1.165, 1.54) is 38.3 Å². The first-order chi connectivity index (χ1) is 28.3. The summed E-state index contributed by atoms with van der Waals surface area (Å²) in [4.78, 5) is 16.4. The van der Waals surface area contributed by atoms with Gasteiger partial charge in [0.1, 0.15) is 0 Å². The number of rotatable bonds is 4. The Morgan fingerprint density at radius 2 is 0.754 bits per heavy atom. The van der Waals surface area contributed by atoms with Crippen LogP contribution in [0.25, 0.3) is 116 Å². The highest BCUT2D eigenvalue weighted by molar-refractivity contribution is 6.25. The minimum absolute atomic E-state index is 0.562. The van der Waals surface area contributed by atoms with E-state index in [9.17, 15) is 0 Å². The molecule has 6 heteroatoms. The Morgan fingerprint density at radius 3 is 1.46 bits per heavy atom. The van der Waals surface area contributed by atoms with Crippen molar-refractivity contribution in [3.05, 3.63) is 182 Å². The van der Waals surface area contributed by atoms with Gasteiger partial charge in [0.2, 0.25) is 11.9 Å². The molecule has 57 heavy (non-hydrogen) atoms. The quantitative estimate of drug-likeness (QED) is 0.181. The molecule has 0 fully saturated rings. The van der Waals surface area contributed by atoms with Crippen LogP contribution in [0.4, 0.5) is 0 Å². The van der Waals surface area contributed by atoms with Crippen LogP contribution in [0.3, 0.4) is 0 Å². The molecule has 0 radical (unpaired) electrons. The molecule has 0 saturated carbocycles. The minimum atomic E-state index is 0.562. The summed E-state index contributed by atoms with van der Waals surface area (Å²) in [6.45, 7) is 0. The second kappa shape index (κ2) is 11.4. The molecule has 0 unspecified atom stereocenters. The number of fused-ring (bicyclic) bond motifs is 12. The summed E-state index contributed by atoms with van der Waals surface area (Å²) in [6, 6.07) is 64.6. The molecular formula is C51H30N6. The van der Waals surface area contributed by atoms with E-state index in [1.54, 1.807) is 0 Å². The zero-order valence-corrected chi connectivity index (χ0v) is 30.5. The van der Waals surface area contributed by atoms with Crippen molar-refractivity contribution in [2.75, 3.05) is 0 Å². The van der Waals surface area contributed by atoms with Gasteiger partial charge in [0.25, 0.3) is 0 Å². The topological polar surface area (TPSA) is 52.9 Å². The van der Waals surface area contributed by atoms with Crippen molar-refractivity contribution in [2.24, 2.45) is 0 Å². The van der Waals surface area contributed by atoms with Crippen molar-refractivity contribution in [3.63, 3.8) is 0 Å². The lowest BCUT2D eigenvalue weighted by Crippen LogP contribution is -2.10. The number of hydrogen-bond donors (Lipinski definition) is 0. The molecule has 13 aromatic rings. The van der Waals surface area contributed by atoms with Crippen LogP contribution in [-0.4, -0.2) is 28.5 Å². The van der Waals surface area contributed by atoms with Crippen LogP contribution in [0.15, 0.2) is 182 Å². The van der Waals surface area contributed by atoms with E-state index >= 15 is 0 Å². The molecule has 0 spiro atoms. The Morgan fingerprint density at radius 1 is 0.298 bits per heavy atom. The Balaban J connectivity index is 1.18. The third-order valence-electron chi connectivity index (χ3n) is 11.9. The predicted molar refractivity (Wildman–Crippen MR) is 234 cm³/mol. The smallest absolute Gasteiger partial charge is 0.240 e. The van der Waals surface area contributed by atoms with E-state index in [0.29, 0.717) is 17.7 Å². The van der Waals surface area contributed by atoms with Crippen molar-refractivity contribution in [1.82, 2.24) is 28.5 Å². The molecule has 0 aliphatic carbocycles. The van der Waals surface area contributed by atoms with Gasteiger partial charge >= 0.3 is 0 Å². The Labute approximate surface area is 325 Å². The normalized spacial score (nSPS) is 12.2. The summed E-state index contributed by atoms with van der Waals surface area (Å²) in [6.07, 6.45) is 0. The highest BCUT2D eigenvalue weighted by Crippen LogP contribution is 2.43. The zero-order valence-electron chi connectivity index (χ0n) is 30.5. The summed E-state index contributed by atoms with van der Waals surface area (Å²) < 4.78 is 6.83. The fourth-order valence-electron chi connectivity index (χ4n) is 9.57. The lowest BCUT2D eigenvalue weighted by atomic mass is 9.99. The van der Waals surface area contributed by atoms with Gasteiger partial charge in [0, 0.05) is 48.7 Å². The Hall–Kier alpha value is -7.83. The first kappa shape index (κ1) is 30.5. The number of para-hydroxylation sites is 5. The van der Waals surface area contributed by atoms with Crippen LogP contribution in [0.2, 0.25) is 0 Å². The monoisotopic (exact) mass is 726 g/mol. The summed E-state index contributed by atoms with van der Waals surface area (Å²) in [5.41, 5.74) is 11.0. The minimum Gasteiger partial charge on any atom is -0.308 e. The second-order valence-electron chi connectivity index (χ2n) is 14.8. The highest BCUT2D eigenvalue weighted by atomic mass is 15.3. The van der Waals surface area contributed by atoms with E-state index < -0.39 is 0 Å². The molecule has 5 aromatic heterocycles. The van der Waals surface area contributed by atoms with Gasteiger partial charge in [-0.1, -0.05) is 146 Å². The van der Waals surface area contributed by atoms with Crippen LogP contribution < -0.4 is 0 Å². The summed E-state index contributed by atoms with van der Waals surface area (Å²) in [5.74, 6) is 1.74. The van der Waals surface area contributed by atoms with Crippen molar-refractivity contribution in [2.45, 2.75) is 0 Å². The second-order valence-corrected chi connectivity index (χ2v) is 14.8. The number of aromatic nitrogens is 6. The number of benzene rings is 8. The fourth-order valence-corrected chi connectivity index (χ4v) is 9.57. The molecule has 0 amide bonds. The van der Waals surface area contributed by atoms with Crippen molar-refractivity contribution in [1.29, 1.82) is 0 Å². The van der Waals surface area contributed by atoms with Gasteiger partial charge in [0.05, 0.1) is 38.6 Å². The SMILES string of the molecule is c1ccc(-c2cccc3c2c2ccccc2n3-c2nc(-c3cccc4c3c3cccc5c6ccccc6n4c53)nc(-n3c4ccccc4c4ccccc43)n2)cc1. The molecule has 0 atom stereocenters. The Bertz CT molecular complexity index is 3700. The average Bonchev–Trinajstić information content (AvgIpc) is 4.01. The molecule has 0 aliphatic heterocycles. The summed E-state index contributed by atoms with van der Waals surface area (Å²) in [7, 11) is 0. The van der Waals surface area contributed by atoms with Crippen molar-refractivity contribution < 1.29 is 0 Å². The Kier molecular flexibility index (Phi) is 6.07. The van der Waals surface area contributed by atoms with Crippen LogP contribution in [0, 0.1) is 0 Å². The molecule has 0 N–H and O–H groups in total. The first-order valence-electron chi connectivity index (χ1n) is 19.3. The van der Waals surface area contributed by atoms with Gasteiger partial charge in [-0.2, -0.15) is 15.0 Å². The molecule has 0 saturated heterocycles. The maximum absolute atomic E-state index is 5.49. The number of nitrogens with zero attached hydrogens (tertiary/aromatic N) is 6. The van der Waals surface area contributed by atoms with E-state index in [2.05, 4.69) is 196 Å². The third kappa shape index (κ3) is 4.10. The molecule has 13 rings (SSSR count). The van der Waals surface area contributed by atoms with Crippen molar-refractivity contribution >= 4 is 81.7 Å². The van der Waals surface area contributed by atoms with Gasteiger partial charge in [0.15, 0.2) is 5.82 Å². The van der Waals surface area contributed by atoms with Gasteiger partial charge in [-0.25, -0.2) is 0 Å². The molecular weight excluding hydrogens is 697 g/mol. The van der Waals surface area contributed by atoms with E-state index in [-0.39, 0.29) is 0 Å². The largest absolute Gasteiger partial charge is 0.308 e. The van der Waals surface area contributed by atoms with Crippen LogP contribution >= 0.6 is 0 Å². The molecule has 0 bridgehead atoms. The van der Waals surface area contributed by atoms with Crippen LogP contribution in [-0.2, 0) is 0 Å². The van der Waals surface area contributed by atoms with Gasteiger partial charge in [-0.05, 0) is 47.5 Å². The standard InChI is InChI=1S/C51H30N6/c1-2-15-31(16-3-1)32-21-13-30-45-46(32)37-20-7-11-28-43(37)57(45)51-53-49(52-50(54-51)56-41-26-9-4-17-33(41)34-18-5-10-27-42(34)56)39-24-14-29-44-47(39)38-23-12-22-36-35-19-6-8-25-40(35)55(44)48(36)38/h1-30H. The van der Waals surface area contributed by atoms with E-state index in [1.807, 2.05) is 0 Å². The van der Waals surface area contributed by atoms with E-state index in [0.717, 1.165) is 60.1 Å². The average molecular weight is 727 g/mol. The molecule has 8 aromatic carbocycles.